The first kappa shape index (κ1) is 34.6. The second kappa shape index (κ2) is 15.2. The predicted octanol–water partition coefficient (Wildman–Crippen LogP) is 12.8. The van der Waals surface area contributed by atoms with Crippen molar-refractivity contribution in [3.05, 3.63) is 173 Å². The molecule has 0 amide bonds. The first-order valence-electron chi connectivity index (χ1n) is 18.6. The van der Waals surface area contributed by atoms with Crippen LogP contribution in [0.1, 0.15) is 74.5 Å². The molecule has 7 aromatic rings. The van der Waals surface area contributed by atoms with E-state index < -0.39 is 5.41 Å². The topological polar surface area (TPSA) is 48.5 Å². The van der Waals surface area contributed by atoms with Crippen molar-refractivity contribution in [2.24, 2.45) is 4.99 Å². The standard InChI is InChI=1S/C42H32N4.2C3H8/c1-43-26-44-34-20-21-39-40(25-34)46-41(45-39)31-15-14-30-24-33(19-17-29(30)22-31)42(32-18-16-27-8-2-3-9-28(27)23-32)37-12-6-4-10-35(37)36-11-5-7-13-38(36)42;2*1-3-2/h2-26,41,45-46H,1H3,(H,43,44);2*3H2,1-2H3. The molecule has 0 bridgehead atoms. The van der Waals surface area contributed by atoms with Crippen molar-refractivity contribution in [1.29, 1.82) is 0 Å². The Morgan fingerprint density at radius 1 is 0.558 bits per heavy atom. The fourth-order valence-electron chi connectivity index (χ4n) is 7.66. The zero-order valence-corrected chi connectivity index (χ0v) is 30.9. The van der Waals surface area contributed by atoms with Crippen LogP contribution in [0.2, 0.25) is 0 Å². The lowest BCUT2D eigenvalue weighted by molar-refractivity contribution is 0.771. The maximum absolute atomic E-state index is 4.03. The number of benzene rings is 7. The molecule has 0 saturated heterocycles. The minimum absolute atomic E-state index is 0.00769. The van der Waals surface area contributed by atoms with E-state index in [1.165, 1.54) is 73.3 Å². The molecule has 2 aliphatic rings. The second-order valence-corrected chi connectivity index (χ2v) is 13.7. The third-order valence-electron chi connectivity index (χ3n) is 9.75. The maximum Gasteiger partial charge on any atom is 0.123 e. The van der Waals surface area contributed by atoms with Gasteiger partial charge in [0, 0.05) is 12.7 Å². The lowest BCUT2D eigenvalue weighted by Gasteiger charge is -2.34. The molecule has 0 aromatic heterocycles. The highest BCUT2D eigenvalue weighted by Crippen LogP contribution is 2.56. The van der Waals surface area contributed by atoms with Crippen LogP contribution in [-0.4, -0.2) is 13.4 Å². The summed E-state index contributed by atoms with van der Waals surface area (Å²) in [6, 6.07) is 53.7. The minimum atomic E-state index is -0.436. The van der Waals surface area contributed by atoms with Gasteiger partial charge in [-0.2, -0.15) is 0 Å². The molecule has 0 radical (unpaired) electrons. The number of hydrogen-bond donors (Lipinski definition) is 3. The van der Waals surface area contributed by atoms with E-state index in [1.807, 2.05) is 0 Å². The molecular weight excluding hydrogens is 633 g/mol. The molecule has 7 aromatic carbocycles. The van der Waals surface area contributed by atoms with Gasteiger partial charge < -0.3 is 16.0 Å². The second-order valence-electron chi connectivity index (χ2n) is 13.7. The van der Waals surface area contributed by atoms with Crippen LogP contribution in [0.3, 0.4) is 0 Å². The molecular formula is C48H48N4. The summed E-state index contributed by atoms with van der Waals surface area (Å²) in [5.74, 6) is 0. The van der Waals surface area contributed by atoms with Crippen LogP contribution in [-0.2, 0) is 5.41 Å². The minimum Gasteiger partial charge on any atom is -0.360 e. The van der Waals surface area contributed by atoms with Crippen LogP contribution in [0, 0.1) is 0 Å². The highest BCUT2D eigenvalue weighted by Gasteiger charge is 2.46. The van der Waals surface area contributed by atoms with Crippen molar-refractivity contribution in [3.63, 3.8) is 0 Å². The molecule has 9 rings (SSSR count). The van der Waals surface area contributed by atoms with Crippen molar-refractivity contribution in [3.8, 4) is 11.1 Å². The number of anilines is 3. The highest BCUT2D eigenvalue weighted by atomic mass is 15.2. The van der Waals surface area contributed by atoms with Crippen LogP contribution in [0.15, 0.2) is 151 Å². The molecule has 1 unspecified atom stereocenters. The fourth-order valence-corrected chi connectivity index (χ4v) is 7.66. The van der Waals surface area contributed by atoms with Crippen LogP contribution in [0.25, 0.3) is 32.7 Å². The van der Waals surface area contributed by atoms with Gasteiger partial charge >= 0.3 is 0 Å². The maximum atomic E-state index is 4.03. The van der Waals surface area contributed by atoms with Gasteiger partial charge in [-0.15, -0.1) is 0 Å². The van der Waals surface area contributed by atoms with E-state index in [9.17, 15) is 0 Å². The monoisotopic (exact) mass is 680 g/mol. The van der Waals surface area contributed by atoms with Crippen molar-refractivity contribution in [2.75, 3.05) is 23.0 Å². The largest absolute Gasteiger partial charge is 0.360 e. The summed E-state index contributed by atoms with van der Waals surface area (Å²) in [7, 11) is 1.76. The molecule has 4 nitrogen and oxygen atoms in total. The summed E-state index contributed by atoms with van der Waals surface area (Å²) < 4.78 is 0. The van der Waals surface area contributed by atoms with E-state index in [0.29, 0.717) is 0 Å². The molecule has 1 heterocycles. The van der Waals surface area contributed by atoms with Crippen molar-refractivity contribution in [1.82, 2.24) is 0 Å². The number of aliphatic imine (C=N–C) groups is 1. The van der Waals surface area contributed by atoms with Gasteiger partial charge in [-0.3, -0.25) is 4.99 Å². The van der Waals surface area contributed by atoms with E-state index in [4.69, 9.17) is 0 Å². The van der Waals surface area contributed by atoms with Gasteiger partial charge in [0.25, 0.3) is 0 Å². The number of nitrogens with zero attached hydrogens (tertiary/aromatic N) is 1. The van der Waals surface area contributed by atoms with Gasteiger partial charge in [0.1, 0.15) is 6.17 Å². The SMILES string of the molecule is CCC.CCC.CN=CNc1ccc2c(c1)NC(c1ccc3cc(C4(c5ccc6ccccc6c5)c5ccccc5-c5ccccc54)ccc3c1)N2. The zero-order valence-electron chi connectivity index (χ0n) is 30.9. The lowest BCUT2D eigenvalue weighted by Crippen LogP contribution is -2.28. The van der Waals surface area contributed by atoms with Crippen LogP contribution in [0.4, 0.5) is 17.1 Å². The summed E-state index contributed by atoms with van der Waals surface area (Å²) >= 11 is 0. The van der Waals surface area contributed by atoms with E-state index in [-0.39, 0.29) is 6.17 Å². The van der Waals surface area contributed by atoms with E-state index in [2.05, 4.69) is 194 Å². The predicted molar refractivity (Wildman–Crippen MR) is 225 cm³/mol. The Morgan fingerprint density at radius 3 is 1.73 bits per heavy atom. The van der Waals surface area contributed by atoms with Crippen molar-refractivity contribution >= 4 is 44.9 Å². The molecule has 52 heavy (non-hydrogen) atoms. The fraction of sp³-hybridized carbons (Fsp3) is 0.188. The first-order valence-corrected chi connectivity index (χ1v) is 18.6. The van der Waals surface area contributed by atoms with Gasteiger partial charge in [0.15, 0.2) is 0 Å². The van der Waals surface area contributed by atoms with E-state index in [1.54, 1.807) is 13.4 Å². The molecule has 0 fully saturated rings. The van der Waals surface area contributed by atoms with Crippen LogP contribution >= 0.6 is 0 Å². The van der Waals surface area contributed by atoms with Gasteiger partial charge in [0.05, 0.1) is 23.1 Å². The molecule has 1 aliphatic carbocycles. The smallest absolute Gasteiger partial charge is 0.123 e. The molecule has 0 saturated carbocycles. The Labute approximate surface area is 308 Å². The molecule has 1 aliphatic heterocycles. The molecule has 0 spiro atoms. The molecule has 1 atom stereocenters. The third-order valence-corrected chi connectivity index (χ3v) is 9.75. The lowest BCUT2D eigenvalue weighted by atomic mass is 9.67. The van der Waals surface area contributed by atoms with Gasteiger partial charge in [-0.05, 0) is 96.9 Å². The summed E-state index contributed by atoms with van der Waals surface area (Å²) in [6.07, 6.45) is 4.19. The molecule has 3 N–H and O–H groups in total. The average Bonchev–Trinajstić information content (AvgIpc) is 3.75. The van der Waals surface area contributed by atoms with Crippen LogP contribution < -0.4 is 16.0 Å². The molecule has 260 valence electrons. The summed E-state index contributed by atoms with van der Waals surface area (Å²) in [4.78, 5) is 4.03. The highest BCUT2D eigenvalue weighted by molar-refractivity contribution is 5.92. The number of fused-ring (bicyclic) bond motifs is 6. The summed E-state index contributed by atoms with van der Waals surface area (Å²) in [5, 5.41) is 15.5. The third kappa shape index (κ3) is 6.19. The number of rotatable bonds is 5. The van der Waals surface area contributed by atoms with Gasteiger partial charge in [0.2, 0.25) is 0 Å². The Bertz CT molecular complexity index is 2320. The average molecular weight is 681 g/mol. The van der Waals surface area contributed by atoms with Crippen molar-refractivity contribution in [2.45, 2.75) is 52.1 Å². The van der Waals surface area contributed by atoms with Crippen LogP contribution in [0.5, 0.6) is 0 Å². The number of nitrogens with one attached hydrogen (secondary N) is 3. The Kier molecular flexibility index (Phi) is 10.1. The first-order chi connectivity index (χ1) is 25.5. The van der Waals surface area contributed by atoms with Gasteiger partial charge in [-0.25, -0.2) is 0 Å². The quantitative estimate of drug-likeness (QED) is 0.125. The zero-order chi connectivity index (χ0) is 36.1. The van der Waals surface area contributed by atoms with Gasteiger partial charge in [-0.1, -0.05) is 150 Å². The Morgan fingerprint density at radius 2 is 1.08 bits per heavy atom. The normalized spacial score (nSPS) is 14.6. The number of hydrogen-bond acceptors (Lipinski definition) is 3. The van der Waals surface area contributed by atoms with E-state index in [0.717, 1.165) is 17.1 Å². The summed E-state index contributed by atoms with van der Waals surface area (Å²) in [5.41, 5.74) is 11.8. The summed E-state index contributed by atoms with van der Waals surface area (Å²) in [6.45, 7) is 8.50. The Balaban J connectivity index is 0.000000658. The van der Waals surface area contributed by atoms with Crippen molar-refractivity contribution < 1.29 is 0 Å². The van der Waals surface area contributed by atoms with E-state index >= 15 is 0 Å². The molecule has 4 heteroatoms. The Hall–Kier alpha value is -5.87.